The molecule has 1 aliphatic rings. The standard InChI is InChI=1S/C11H20N2O4/c1-4-7(2)12(3)11(17)13-6-8(14)5-9(13)10(15)16/h7-9,14H,4-6H2,1-3H3,(H,15,16)/t7?,8-,9+/m1/s1. The van der Waals surface area contributed by atoms with E-state index in [1.165, 1.54) is 9.80 Å². The van der Waals surface area contributed by atoms with Crippen LogP contribution in [-0.2, 0) is 4.79 Å². The van der Waals surface area contributed by atoms with Crippen LogP contribution in [0.3, 0.4) is 0 Å². The number of likely N-dealkylation sites (tertiary alicyclic amines) is 1. The number of carboxylic acids is 1. The lowest BCUT2D eigenvalue weighted by Crippen LogP contribution is -2.49. The van der Waals surface area contributed by atoms with Crippen molar-refractivity contribution in [3.63, 3.8) is 0 Å². The number of nitrogens with zero attached hydrogens (tertiary/aromatic N) is 2. The second kappa shape index (κ2) is 5.35. The lowest BCUT2D eigenvalue weighted by Gasteiger charge is -2.31. The predicted octanol–water partition coefficient (Wildman–Crippen LogP) is 0.357. The van der Waals surface area contributed by atoms with Gasteiger partial charge in [0.2, 0.25) is 0 Å². The van der Waals surface area contributed by atoms with E-state index in [1.54, 1.807) is 7.05 Å². The van der Waals surface area contributed by atoms with E-state index >= 15 is 0 Å². The summed E-state index contributed by atoms with van der Waals surface area (Å²) >= 11 is 0. The molecule has 0 bridgehead atoms. The van der Waals surface area contributed by atoms with E-state index in [9.17, 15) is 14.7 Å². The third-order valence-corrected chi connectivity index (χ3v) is 3.36. The van der Waals surface area contributed by atoms with Crippen molar-refractivity contribution in [2.45, 2.75) is 44.9 Å². The number of amides is 2. The molecule has 0 aromatic rings. The highest BCUT2D eigenvalue weighted by Crippen LogP contribution is 2.20. The zero-order chi connectivity index (χ0) is 13.2. The van der Waals surface area contributed by atoms with Crippen LogP contribution in [-0.4, -0.2) is 63.8 Å². The van der Waals surface area contributed by atoms with Crippen molar-refractivity contribution < 1.29 is 19.8 Å². The molecule has 1 rings (SSSR count). The number of β-amino-alcohol motifs (C(OH)–C–C–N with tert-alkyl or cyclic N) is 1. The number of hydrogen-bond donors (Lipinski definition) is 2. The number of carbonyl (C=O) groups is 2. The SMILES string of the molecule is CCC(C)N(C)C(=O)N1C[C@H](O)C[C@H]1C(=O)O. The number of rotatable bonds is 3. The zero-order valence-electron chi connectivity index (χ0n) is 10.5. The molecule has 2 amide bonds. The van der Waals surface area contributed by atoms with Gasteiger partial charge in [-0.15, -0.1) is 0 Å². The lowest BCUT2D eigenvalue weighted by molar-refractivity contribution is -0.141. The van der Waals surface area contributed by atoms with E-state index in [0.29, 0.717) is 0 Å². The van der Waals surface area contributed by atoms with Crippen LogP contribution in [0.25, 0.3) is 0 Å². The molecule has 6 nitrogen and oxygen atoms in total. The Morgan fingerprint density at radius 1 is 1.53 bits per heavy atom. The van der Waals surface area contributed by atoms with Gasteiger partial charge in [0.15, 0.2) is 0 Å². The molecule has 98 valence electrons. The van der Waals surface area contributed by atoms with Gasteiger partial charge in [0.1, 0.15) is 6.04 Å². The normalized spacial score (nSPS) is 25.8. The molecule has 1 saturated heterocycles. The second-order valence-electron chi connectivity index (χ2n) is 4.55. The van der Waals surface area contributed by atoms with Gasteiger partial charge in [-0.25, -0.2) is 9.59 Å². The second-order valence-corrected chi connectivity index (χ2v) is 4.55. The molecule has 0 aromatic heterocycles. The summed E-state index contributed by atoms with van der Waals surface area (Å²) in [6, 6.07) is -1.19. The largest absolute Gasteiger partial charge is 0.480 e. The Bertz CT molecular complexity index is 308. The Kier molecular flexibility index (Phi) is 4.34. The number of urea groups is 1. The van der Waals surface area contributed by atoms with Crippen LogP contribution in [0.15, 0.2) is 0 Å². The van der Waals surface area contributed by atoms with E-state index in [1.807, 2.05) is 13.8 Å². The molecular formula is C11H20N2O4. The number of aliphatic hydroxyl groups is 1. The minimum atomic E-state index is -1.06. The topological polar surface area (TPSA) is 81.1 Å². The molecule has 1 heterocycles. The van der Waals surface area contributed by atoms with Gasteiger partial charge in [0.25, 0.3) is 0 Å². The van der Waals surface area contributed by atoms with Crippen LogP contribution >= 0.6 is 0 Å². The van der Waals surface area contributed by atoms with Crippen LogP contribution < -0.4 is 0 Å². The molecule has 3 atom stereocenters. The maximum absolute atomic E-state index is 12.1. The number of carboxylic acid groups (broad SMARTS) is 1. The first-order chi connectivity index (χ1) is 7.88. The van der Waals surface area contributed by atoms with Crippen molar-refractivity contribution in [1.29, 1.82) is 0 Å². The van der Waals surface area contributed by atoms with Gasteiger partial charge < -0.3 is 20.0 Å². The Balaban J connectivity index is 2.77. The van der Waals surface area contributed by atoms with Crippen molar-refractivity contribution in [2.75, 3.05) is 13.6 Å². The summed E-state index contributed by atoms with van der Waals surface area (Å²) in [7, 11) is 1.65. The van der Waals surface area contributed by atoms with Gasteiger partial charge in [-0.3, -0.25) is 0 Å². The monoisotopic (exact) mass is 244 g/mol. The number of hydrogen-bond acceptors (Lipinski definition) is 3. The maximum atomic E-state index is 12.1. The van der Waals surface area contributed by atoms with E-state index in [0.717, 1.165) is 6.42 Å². The third-order valence-electron chi connectivity index (χ3n) is 3.36. The highest BCUT2D eigenvalue weighted by Gasteiger charge is 2.40. The quantitative estimate of drug-likeness (QED) is 0.751. The fourth-order valence-electron chi connectivity index (χ4n) is 1.92. The molecule has 1 fully saturated rings. The van der Waals surface area contributed by atoms with Gasteiger partial charge in [-0.05, 0) is 13.3 Å². The first-order valence-electron chi connectivity index (χ1n) is 5.82. The van der Waals surface area contributed by atoms with Crippen molar-refractivity contribution in [3.8, 4) is 0 Å². The summed E-state index contributed by atoms with van der Waals surface area (Å²) in [6.45, 7) is 3.96. The molecule has 0 saturated carbocycles. The first-order valence-corrected chi connectivity index (χ1v) is 5.82. The smallest absolute Gasteiger partial charge is 0.326 e. The average molecular weight is 244 g/mol. The zero-order valence-corrected chi connectivity index (χ0v) is 10.5. The van der Waals surface area contributed by atoms with Crippen LogP contribution in [0.2, 0.25) is 0 Å². The summed E-state index contributed by atoms with van der Waals surface area (Å²) < 4.78 is 0. The van der Waals surface area contributed by atoms with E-state index in [-0.39, 0.29) is 25.0 Å². The van der Waals surface area contributed by atoms with Crippen LogP contribution in [0.4, 0.5) is 4.79 Å². The fourth-order valence-corrected chi connectivity index (χ4v) is 1.92. The maximum Gasteiger partial charge on any atom is 0.326 e. The van der Waals surface area contributed by atoms with Crippen molar-refractivity contribution in [3.05, 3.63) is 0 Å². The highest BCUT2D eigenvalue weighted by atomic mass is 16.4. The number of aliphatic carboxylic acids is 1. The Morgan fingerprint density at radius 3 is 2.59 bits per heavy atom. The molecule has 0 radical (unpaired) electrons. The summed E-state index contributed by atoms with van der Waals surface area (Å²) in [5, 5.41) is 18.5. The van der Waals surface area contributed by atoms with Gasteiger partial charge >= 0.3 is 12.0 Å². The van der Waals surface area contributed by atoms with Gasteiger partial charge in [0, 0.05) is 26.1 Å². The van der Waals surface area contributed by atoms with Crippen LogP contribution in [0.5, 0.6) is 0 Å². The third kappa shape index (κ3) is 2.88. The van der Waals surface area contributed by atoms with Crippen LogP contribution in [0, 0.1) is 0 Å². The Morgan fingerprint density at radius 2 is 2.12 bits per heavy atom. The average Bonchev–Trinajstić information content (AvgIpc) is 2.68. The Labute approximate surface area is 101 Å². The minimum absolute atomic E-state index is 0.0506. The molecule has 0 aromatic carbocycles. The molecule has 0 spiro atoms. The predicted molar refractivity (Wildman–Crippen MR) is 61.7 cm³/mol. The minimum Gasteiger partial charge on any atom is -0.480 e. The van der Waals surface area contributed by atoms with Crippen LogP contribution in [0.1, 0.15) is 26.7 Å². The van der Waals surface area contributed by atoms with E-state index in [2.05, 4.69) is 0 Å². The van der Waals surface area contributed by atoms with Gasteiger partial charge in [0.05, 0.1) is 6.10 Å². The first kappa shape index (κ1) is 13.8. The summed E-state index contributed by atoms with van der Waals surface area (Å²) in [4.78, 5) is 25.8. The summed E-state index contributed by atoms with van der Waals surface area (Å²) in [6.07, 6.45) is 0.164. The molecule has 1 unspecified atom stereocenters. The highest BCUT2D eigenvalue weighted by molar-refractivity contribution is 5.83. The van der Waals surface area contributed by atoms with E-state index < -0.39 is 18.1 Å². The van der Waals surface area contributed by atoms with Gasteiger partial charge in [-0.2, -0.15) is 0 Å². The van der Waals surface area contributed by atoms with Crippen molar-refractivity contribution in [1.82, 2.24) is 9.80 Å². The molecule has 1 aliphatic heterocycles. The number of carbonyl (C=O) groups excluding carboxylic acids is 1. The summed E-state index contributed by atoms with van der Waals surface area (Å²) in [5.41, 5.74) is 0. The van der Waals surface area contributed by atoms with Gasteiger partial charge in [-0.1, -0.05) is 6.92 Å². The van der Waals surface area contributed by atoms with Crippen molar-refractivity contribution >= 4 is 12.0 Å². The number of aliphatic hydroxyl groups excluding tert-OH is 1. The summed E-state index contributed by atoms with van der Waals surface area (Å²) in [5.74, 6) is -1.06. The molecule has 2 N–H and O–H groups in total. The molecule has 6 heteroatoms. The Hall–Kier alpha value is -1.30. The molecular weight excluding hydrogens is 224 g/mol. The molecule has 17 heavy (non-hydrogen) atoms. The fraction of sp³-hybridized carbons (Fsp3) is 0.818. The molecule has 0 aliphatic carbocycles. The van der Waals surface area contributed by atoms with Crippen molar-refractivity contribution in [2.24, 2.45) is 0 Å². The lowest BCUT2D eigenvalue weighted by atomic mass is 10.2. The van der Waals surface area contributed by atoms with E-state index in [4.69, 9.17) is 5.11 Å².